The van der Waals surface area contributed by atoms with Crippen molar-refractivity contribution in [1.29, 1.82) is 0 Å². The van der Waals surface area contributed by atoms with Crippen LogP contribution in [0, 0.1) is 0 Å². The minimum Gasteiger partial charge on any atom is -0.444 e. The number of nitrogens with one attached hydrogen (secondary N) is 1. The molecular weight excluding hydrogens is 234 g/mol. The SMILES string of the molecule is CC(C)(C)OC(=O)NCc1cnc(C=O)c(N)c1. The van der Waals surface area contributed by atoms with E-state index in [1.807, 2.05) is 0 Å². The smallest absolute Gasteiger partial charge is 0.407 e. The maximum Gasteiger partial charge on any atom is 0.407 e. The molecule has 6 heteroatoms. The minimum absolute atomic E-state index is 0.191. The second-order valence-corrected chi connectivity index (χ2v) is 4.79. The number of nitrogens with two attached hydrogens (primary N) is 1. The quantitative estimate of drug-likeness (QED) is 0.794. The number of rotatable bonds is 3. The molecular formula is C12H17N3O3. The number of aromatic nitrogens is 1. The van der Waals surface area contributed by atoms with Gasteiger partial charge >= 0.3 is 6.09 Å². The van der Waals surface area contributed by atoms with Crippen molar-refractivity contribution < 1.29 is 14.3 Å². The first-order chi connectivity index (χ1) is 8.31. The van der Waals surface area contributed by atoms with Gasteiger partial charge in [-0.15, -0.1) is 0 Å². The number of anilines is 1. The van der Waals surface area contributed by atoms with Crippen molar-refractivity contribution >= 4 is 18.1 Å². The van der Waals surface area contributed by atoms with Gasteiger partial charge in [-0.2, -0.15) is 0 Å². The van der Waals surface area contributed by atoms with Crippen molar-refractivity contribution in [2.45, 2.75) is 32.9 Å². The van der Waals surface area contributed by atoms with Crippen LogP contribution in [-0.4, -0.2) is 23.0 Å². The predicted octanol–water partition coefficient (Wildman–Crippen LogP) is 1.50. The molecule has 0 atom stereocenters. The topological polar surface area (TPSA) is 94.3 Å². The highest BCUT2D eigenvalue weighted by molar-refractivity contribution is 5.80. The molecule has 1 amide bonds. The lowest BCUT2D eigenvalue weighted by molar-refractivity contribution is 0.0523. The molecule has 0 fully saturated rings. The molecule has 0 radical (unpaired) electrons. The van der Waals surface area contributed by atoms with E-state index in [0.717, 1.165) is 0 Å². The fourth-order valence-electron chi connectivity index (χ4n) is 1.22. The van der Waals surface area contributed by atoms with Crippen LogP contribution in [-0.2, 0) is 11.3 Å². The van der Waals surface area contributed by atoms with Crippen molar-refractivity contribution in [3.8, 4) is 0 Å². The molecule has 0 unspecified atom stereocenters. The van der Waals surface area contributed by atoms with Crippen LogP contribution < -0.4 is 11.1 Å². The van der Waals surface area contributed by atoms with Gasteiger partial charge in [-0.3, -0.25) is 9.78 Å². The van der Waals surface area contributed by atoms with Crippen LogP contribution in [0.3, 0.4) is 0 Å². The van der Waals surface area contributed by atoms with E-state index in [0.29, 0.717) is 11.8 Å². The lowest BCUT2D eigenvalue weighted by atomic mass is 10.2. The fraction of sp³-hybridized carbons (Fsp3) is 0.417. The third-order valence-electron chi connectivity index (χ3n) is 1.95. The Bertz CT molecular complexity index is 452. The number of nitrogen functional groups attached to an aromatic ring is 1. The summed E-state index contributed by atoms with van der Waals surface area (Å²) in [7, 11) is 0. The summed E-state index contributed by atoms with van der Waals surface area (Å²) in [6.45, 7) is 5.59. The second kappa shape index (κ2) is 5.48. The zero-order valence-electron chi connectivity index (χ0n) is 10.7. The summed E-state index contributed by atoms with van der Waals surface area (Å²) in [6, 6.07) is 1.59. The van der Waals surface area contributed by atoms with E-state index in [4.69, 9.17) is 10.5 Å². The third-order valence-corrected chi connectivity index (χ3v) is 1.95. The lowest BCUT2D eigenvalue weighted by Crippen LogP contribution is -2.32. The number of nitrogens with zero attached hydrogens (tertiary/aromatic N) is 1. The Morgan fingerprint density at radius 2 is 2.22 bits per heavy atom. The number of alkyl carbamates (subject to hydrolysis) is 1. The standard InChI is InChI=1S/C12H17N3O3/c1-12(2,3)18-11(17)15-6-8-4-9(13)10(7-16)14-5-8/h4-5,7H,6,13H2,1-3H3,(H,15,17). The van der Waals surface area contributed by atoms with Crippen LogP contribution in [0.5, 0.6) is 0 Å². The summed E-state index contributed by atoms with van der Waals surface area (Å²) in [5.41, 5.74) is 6.24. The first kappa shape index (κ1) is 14.0. The number of hydrogen-bond acceptors (Lipinski definition) is 5. The summed E-state index contributed by atoms with van der Waals surface area (Å²) in [6.07, 6.45) is 1.55. The molecule has 98 valence electrons. The van der Waals surface area contributed by atoms with Crippen LogP contribution in [0.1, 0.15) is 36.8 Å². The maximum atomic E-state index is 11.4. The summed E-state index contributed by atoms with van der Waals surface area (Å²) >= 11 is 0. The minimum atomic E-state index is -0.539. The number of aldehydes is 1. The van der Waals surface area contributed by atoms with Gasteiger partial charge in [-0.05, 0) is 32.4 Å². The zero-order chi connectivity index (χ0) is 13.8. The molecule has 1 rings (SSSR count). The van der Waals surface area contributed by atoms with Gasteiger partial charge in [-0.1, -0.05) is 0 Å². The Labute approximate surface area is 106 Å². The molecule has 0 spiro atoms. The maximum absolute atomic E-state index is 11.4. The highest BCUT2D eigenvalue weighted by Gasteiger charge is 2.15. The number of ether oxygens (including phenoxy) is 1. The molecule has 18 heavy (non-hydrogen) atoms. The first-order valence-electron chi connectivity index (χ1n) is 5.48. The Morgan fingerprint density at radius 3 is 2.72 bits per heavy atom. The molecule has 3 N–H and O–H groups in total. The Morgan fingerprint density at radius 1 is 1.56 bits per heavy atom. The van der Waals surface area contributed by atoms with Gasteiger partial charge in [-0.25, -0.2) is 4.79 Å². The van der Waals surface area contributed by atoms with Gasteiger partial charge in [0.05, 0.1) is 5.69 Å². The molecule has 1 aromatic heterocycles. The fourth-order valence-corrected chi connectivity index (χ4v) is 1.22. The van der Waals surface area contributed by atoms with E-state index >= 15 is 0 Å². The molecule has 1 heterocycles. The van der Waals surface area contributed by atoms with Gasteiger partial charge in [0.1, 0.15) is 11.3 Å². The number of hydrogen-bond donors (Lipinski definition) is 2. The van der Waals surface area contributed by atoms with Crippen molar-refractivity contribution in [3.63, 3.8) is 0 Å². The van der Waals surface area contributed by atoms with Gasteiger partial charge in [0.15, 0.2) is 6.29 Å². The Hall–Kier alpha value is -2.11. The van der Waals surface area contributed by atoms with E-state index in [9.17, 15) is 9.59 Å². The van der Waals surface area contributed by atoms with E-state index in [2.05, 4.69) is 10.3 Å². The molecule has 0 saturated carbocycles. The van der Waals surface area contributed by atoms with E-state index in [1.54, 1.807) is 26.8 Å². The van der Waals surface area contributed by atoms with Crippen molar-refractivity contribution in [1.82, 2.24) is 10.3 Å². The molecule has 6 nitrogen and oxygen atoms in total. The van der Waals surface area contributed by atoms with Gasteiger partial charge < -0.3 is 15.8 Å². The van der Waals surface area contributed by atoms with Crippen LogP contribution in [0.2, 0.25) is 0 Å². The van der Waals surface area contributed by atoms with Crippen LogP contribution in [0.25, 0.3) is 0 Å². The van der Waals surface area contributed by atoms with Crippen LogP contribution >= 0.6 is 0 Å². The zero-order valence-corrected chi connectivity index (χ0v) is 10.7. The predicted molar refractivity (Wildman–Crippen MR) is 67.1 cm³/mol. The first-order valence-corrected chi connectivity index (χ1v) is 5.48. The highest BCUT2D eigenvalue weighted by Crippen LogP contribution is 2.10. The molecule has 1 aromatic rings. The van der Waals surface area contributed by atoms with Crippen LogP contribution in [0.15, 0.2) is 12.3 Å². The average Bonchev–Trinajstić information content (AvgIpc) is 2.24. The Kier molecular flexibility index (Phi) is 4.25. The second-order valence-electron chi connectivity index (χ2n) is 4.79. The van der Waals surface area contributed by atoms with Crippen molar-refractivity contribution in [2.75, 3.05) is 5.73 Å². The number of carbonyl (C=O) groups excluding carboxylic acids is 2. The van der Waals surface area contributed by atoms with Crippen molar-refractivity contribution in [2.24, 2.45) is 0 Å². The summed E-state index contributed by atoms with van der Waals surface area (Å²) in [4.78, 5) is 25.8. The van der Waals surface area contributed by atoms with Gasteiger partial charge in [0.25, 0.3) is 0 Å². The van der Waals surface area contributed by atoms with Crippen LogP contribution in [0.4, 0.5) is 10.5 Å². The number of amides is 1. The van der Waals surface area contributed by atoms with Crippen molar-refractivity contribution in [3.05, 3.63) is 23.5 Å². The number of pyridine rings is 1. The molecule has 0 bridgehead atoms. The number of carbonyl (C=O) groups is 2. The summed E-state index contributed by atoms with van der Waals surface area (Å²) in [5, 5.41) is 2.58. The highest BCUT2D eigenvalue weighted by atomic mass is 16.6. The summed E-state index contributed by atoms with van der Waals surface area (Å²) in [5.74, 6) is 0. The summed E-state index contributed by atoms with van der Waals surface area (Å²) < 4.78 is 5.08. The molecule has 0 aliphatic heterocycles. The van der Waals surface area contributed by atoms with E-state index < -0.39 is 11.7 Å². The Balaban J connectivity index is 2.56. The molecule has 0 aliphatic rings. The van der Waals surface area contributed by atoms with E-state index in [1.165, 1.54) is 6.20 Å². The molecule has 0 aromatic carbocycles. The third kappa shape index (κ3) is 4.40. The van der Waals surface area contributed by atoms with E-state index in [-0.39, 0.29) is 17.9 Å². The normalized spacial score (nSPS) is 10.8. The average molecular weight is 251 g/mol. The monoisotopic (exact) mass is 251 g/mol. The molecule has 0 aliphatic carbocycles. The van der Waals surface area contributed by atoms with Gasteiger partial charge in [0, 0.05) is 12.7 Å². The largest absolute Gasteiger partial charge is 0.444 e. The molecule has 0 saturated heterocycles. The van der Waals surface area contributed by atoms with Gasteiger partial charge in [0.2, 0.25) is 0 Å². The lowest BCUT2D eigenvalue weighted by Gasteiger charge is -2.19.